The van der Waals surface area contributed by atoms with E-state index in [0.29, 0.717) is 0 Å². The minimum atomic E-state index is 0.717. The van der Waals surface area contributed by atoms with Gasteiger partial charge in [-0.3, -0.25) is 0 Å². The molecule has 1 aromatic heterocycles. The van der Waals surface area contributed by atoms with Crippen molar-refractivity contribution in [1.29, 1.82) is 0 Å². The normalized spacial score (nSPS) is 10.6. The van der Waals surface area contributed by atoms with Crippen LogP contribution in [0.2, 0.25) is 0 Å². The molecule has 3 aromatic rings. The molecular formula is C19H21N3O2. The van der Waals surface area contributed by atoms with E-state index in [9.17, 15) is 0 Å². The maximum absolute atomic E-state index is 5.17. The third kappa shape index (κ3) is 3.94. The minimum absolute atomic E-state index is 0.717. The van der Waals surface area contributed by atoms with E-state index >= 15 is 0 Å². The van der Waals surface area contributed by atoms with Crippen LogP contribution in [0.1, 0.15) is 11.3 Å². The molecule has 0 fully saturated rings. The van der Waals surface area contributed by atoms with Crippen LogP contribution in [-0.4, -0.2) is 24.0 Å². The van der Waals surface area contributed by atoms with Gasteiger partial charge in [-0.25, -0.2) is 4.68 Å². The first-order valence-corrected chi connectivity index (χ1v) is 7.81. The molecule has 0 aliphatic rings. The molecule has 0 unspecified atom stereocenters. The fraction of sp³-hybridized carbons (Fsp3) is 0.211. The number of nitrogens with zero attached hydrogens (tertiary/aromatic N) is 2. The molecular weight excluding hydrogens is 302 g/mol. The Morgan fingerprint density at radius 2 is 1.46 bits per heavy atom. The summed E-state index contributed by atoms with van der Waals surface area (Å²) < 4.78 is 12.2. The number of hydrogen-bond acceptors (Lipinski definition) is 4. The van der Waals surface area contributed by atoms with Gasteiger partial charge in [0.15, 0.2) is 0 Å². The van der Waals surface area contributed by atoms with Crippen LogP contribution in [-0.2, 0) is 13.1 Å². The van der Waals surface area contributed by atoms with Crippen LogP contribution in [0.25, 0.3) is 5.69 Å². The average Bonchev–Trinajstić information content (AvgIpc) is 3.11. The predicted molar refractivity (Wildman–Crippen MR) is 93.7 cm³/mol. The van der Waals surface area contributed by atoms with E-state index in [1.165, 1.54) is 5.56 Å². The van der Waals surface area contributed by atoms with Crippen molar-refractivity contribution in [3.05, 3.63) is 72.1 Å². The molecule has 2 aromatic carbocycles. The fourth-order valence-electron chi connectivity index (χ4n) is 2.41. The number of ether oxygens (including phenoxy) is 2. The molecule has 3 rings (SSSR count). The molecule has 0 aliphatic carbocycles. The van der Waals surface area contributed by atoms with Crippen LogP contribution in [0, 0.1) is 0 Å². The maximum Gasteiger partial charge on any atom is 0.119 e. The van der Waals surface area contributed by atoms with E-state index < -0.39 is 0 Å². The lowest BCUT2D eigenvalue weighted by atomic mass is 10.2. The van der Waals surface area contributed by atoms with Crippen LogP contribution >= 0.6 is 0 Å². The topological polar surface area (TPSA) is 48.3 Å². The van der Waals surface area contributed by atoms with Crippen molar-refractivity contribution >= 4 is 0 Å². The Morgan fingerprint density at radius 3 is 2.08 bits per heavy atom. The number of nitrogens with one attached hydrogen (secondary N) is 1. The molecule has 5 heteroatoms. The second-order valence-corrected chi connectivity index (χ2v) is 5.40. The summed E-state index contributed by atoms with van der Waals surface area (Å²) >= 11 is 0. The Bertz CT molecular complexity index is 764. The Hall–Kier alpha value is -2.79. The highest BCUT2D eigenvalue weighted by molar-refractivity contribution is 5.36. The van der Waals surface area contributed by atoms with Crippen molar-refractivity contribution in [3.63, 3.8) is 0 Å². The largest absolute Gasteiger partial charge is 0.497 e. The Morgan fingerprint density at radius 1 is 0.833 bits per heavy atom. The number of benzene rings is 2. The summed E-state index contributed by atoms with van der Waals surface area (Å²) in [4.78, 5) is 0. The van der Waals surface area contributed by atoms with Crippen molar-refractivity contribution in [3.8, 4) is 17.2 Å². The molecule has 0 aliphatic heterocycles. The second kappa shape index (κ2) is 7.66. The zero-order valence-corrected chi connectivity index (χ0v) is 13.9. The minimum Gasteiger partial charge on any atom is -0.497 e. The first kappa shape index (κ1) is 16.1. The van der Waals surface area contributed by atoms with Gasteiger partial charge in [-0.2, -0.15) is 5.10 Å². The zero-order chi connectivity index (χ0) is 16.8. The third-order valence-electron chi connectivity index (χ3n) is 3.78. The van der Waals surface area contributed by atoms with E-state index in [0.717, 1.165) is 36.0 Å². The molecule has 24 heavy (non-hydrogen) atoms. The van der Waals surface area contributed by atoms with Gasteiger partial charge in [0.1, 0.15) is 11.5 Å². The molecule has 1 heterocycles. The molecule has 0 spiro atoms. The van der Waals surface area contributed by atoms with Crippen LogP contribution in [0.15, 0.2) is 60.8 Å². The first-order valence-electron chi connectivity index (χ1n) is 7.81. The number of rotatable bonds is 7. The van der Waals surface area contributed by atoms with Crippen molar-refractivity contribution in [2.45, 2.75) is 13.1 Å². The van der Waals surface area contributed by atoms with Gasteiger partial charge in [-0.15, -0.1) is 0 Å². The van der Waals surface area contributed by atoms with Gasteiger partial charge in [-0.1, -0.05) is 12.1 Å². The Labute approximate surface area is 141 Å². The van der Waals surface area contributed by atoms with E-state index in [1.54, 1.807) is 14.2 Å². The lowest BCUT2D eigenvalue weighted by Gasteiger charge is -2.05. The first-order chi connectivity index (χ1) is 11.8. The number of aromatic nitrogens is 2. The van der Waals surface area contributed by atoms with Crippen LogP contribution < -0.4 is 14.8 Å². The highest BCUT2D eigenvalue weighted by Crippen LogP contribution is 2.15. The highest BCUT2D eigenvalue weighted by Gasteiger charge is 2.02. The SMILES string of the molecule is COc1ccc(CNCc2ccn(-c3ccc(OC)cc3)n2)cc1. The van der Waals surface area contributed by atoms with Crippen LogP contribution in [0.5, 0.6) is 11.5 Å². The summed E-state index contributed by atoms with van der Waals surface area (Å²) in [6.07, 6.45) is 1.96. The predicted octanol–water partition coefficient (Wildman–Crippen LogP) is 3.18. The summed E-state index contributed by atoms with van der Waals surface area (Å²) in [6, 6.07) is 17.9. The molecule has 0 bridgehead atoms. The lowest BCUT2D eigenvalue weighted by molar-refractivity contribution is 0.414. The molecule has 0 saturated carbocycles. The van der Waals surface area contributed by atoms with Crippen LogP contribution in [0.3, 0.4) is 0 Å². The summed E-state index contributed by atoms with van der Waals surface area (Å²) in [5.74, 6) is 1.71. The second-order valence-electron chi connectivity index (χ2n) is 5.40. The summed E-state index contributed by atoms with van der Waals surface area (Å²) in [6.45, 7) is 1.51. The van der Waals surface area contributed by atoms with E-state index in [4.69, 9.17) is 9.47 Å². The smallest absolute Gasteiger partial charge is 0.119 e. The van der Waals surface area contributed by atoms with Crippen molar-refractivity contribution in [2.75, 3.05) is 14.2 Å². The van der Waals surface area contributed by atoms with Gasteiger partial charge >= 0.3 is 0 Å². The van der Waals surface area contributed by atoms with Gasteiger partial charge in [0.05, 0.1) is 25.6 Å². The molecule has 1 N–H and O–H groups in total. The molecule has 5 nitrogen and oxygen atoms in total. The highest BCUT2D eigenvalue weighted by atomic mass is 16.5. The molecule has 124 valence electrons. The van der Waals surface area contributed by atoms with Crippen LogP contribution in [0.4, 0.5) is 0 Å². The molecule has 0 atom stereocenters. The van der Waals surface area contributed by atoms with Gasteiger partial charge in [-0.05, 0) is 48.0 Å². The van der Waals surface area contributed by atoms with Gasteiger partial charge < -0.3 is 14.8 Å². The van der Waals surface area contributed by atoms with Crippen molar-refractivity contribution in [2.24, 2.45) is 0 Å². The zero-order valence-electron chi connectivity index (χ0n) is 13.9. The Kier molecular flexibility index (Phi) is 5.13. The maximum atomic E-state index is 5.17. The quantitative estimate of drug-likeness (QED) is 0.725. The summed E-state index contributed by atoms with van der Waals surface area (Å²) in [5.41, 5.74) is 3.22. The molecule has 0 saturated heterocycles. The van der Waals surface area contributed by atoms with E-state index in [-0.39, 0.29) is 0 Å². The van der Waals surface area contributed by atoms with Gasteiger partial charge in [0, 0.05) is 19.3 Å². The molecule has 0 amide bonds. The fourth-order valence-corrected chi connectivity index (χ4v) is 2.41. The van der Waals surface area contributed by atoms with E-state index in [1.807, 2.05) is 53.3 Å². The van der Waals surface area contributed by atoms with Crippen molar-refractivity contribution < 1.29 is 9.47 Å². The number of methoxy groups -OCH3 is 2. The third-order valence-corrected chi connectivity index (χ3v) is 3.78. The standard InChI is InChI=1S/C19H21N3O2/c1-23-18-7-3-15(4-8-18)13-20-14-16-11-12-22(21-16)17-5-9-19(24-2)10-6-17/h3-12,20H,13-14H2,1-2H3. The van der Waals surface area contributed by atoms with Gasteiger partial charge in [0.25, 0.3) is 0 Å². The Balaban J connectivity index is 1.55. The van der Waals surface area contributed by atoms with E-state index in [2.05, 4.69) is 22.5 Å². The molecule has 0 radical (unpaired) electrons. The summed E-state index contributed by atoms with van der Waals surface area (Å²) in [7, 11) is 3.34. The average molecular weight is 323 g/mol. The lowest BCUT2D eigenvalue weighted by Crippen LogP contribution is -2.13. The van der Waals surface area contributed by atoms with Gasteiger partial charge in [0.2, 0.25) is 0 Å². The monoisotopic (exact) mass is 323 g/mol. The van der Waals surface area contributed by atoms with Crippen molar-refractivity contribution in [1.82, 2.24) is 15.1 Å². The summed E-state index contributed by atoms with van der Waals surface area (Å²) in [5, 5.41) is 7.99. The number of hydrogen-bond donors (Lipinski definition) is 1.